The predicted octanol–water partition coefficient (Wildman–Crippen LogP) is 3.26. The van der Waals surface area contributed by atoms with E-state index < -0.39 is 0 Å². The number of pyridine rings is 1. The summed E-state index contributed by atoms with van der Waals surface area (Å²) in [5.41, 5.74) is 8.26. The summed E-state index contributed by atoms with van der Waals surface area (Å²) in [6.07, 6.45) is 8.13. The zero-order valence-electron chi connectivity index (χ0n) is 11.6. The number of piperidine rings is 1. The molecule has 1 aromatic rings. The van der Waals surface area contributed by atoms with Crippen LogP contribution in [0.5, 0.6) is 0 Å². The van der Waals surface area contributed by atoms with E-state index in [2.05, 4.69) is 35.9 Å². The van der Waals surface area contributed by atoms with Gasteiger partial charge in [0.2, 0.25) is 0 Å². The largest absolute Gasteiger partial charge is 0.367 e. The van der Waals surface area contributed by atoms with Crippen LogP contribution in [0.1, 0.15) is 57.7 Å². The molecule has 1 aromatic heterocycles. The topological polar surface area (TPSA) is 42.1 Å². The predicted molar refractivity (Wildman–Crippen MR) is 76.7 cm³/mol. The zero-order valence-corrected chi connectivity index (χ0v) is 11.6. The van der Waals surface area contributed by atoms with Gasteiger partial charge in [-0.25, -0.2) is 0 Å². The van der Waals surface area contributed by atoms with E-state index in [4.69, 9.17) is 5.73 Å². The highest BCUT2D eigenvalue weighted by Crippen LogP contribution is 2.26. The fourth-order valence-electron chi connectivity index (χ4n) is 2.76. The van der Waals surface area contributed by atoms with Gasteiger partial charge in [-0.15, -0.1) is 0 Å². The molecule has 2 heterocycles. The Morgan fingerprint density at radius 2 is 2.22 bits per heavy atom. The Kier molecular flexibility index (Phi) is 4.59. The van der Waals surface area contributed by atoms with Crippen molar-refractivity contribution < 1.29 is 0 Å². The summed E-state index contributed by atoms with van der Waals surface area (Å²) >= 11 is 0. The molecule has 100 valence electrons. The number of anilines is 1. The molecule has 3 heteroatoms. The Bertz CT molecular complexity index is 361. The monoisotopic (exact) mass is 247 g/mol. The van der Waals surface area contributed by atoms with Crippen molar-refractivity contribution in [3.63, 3.8) is 0 Å². The lowest BCUT2D eigenvalue weighted by Gasteiger charge is -2.37. The van der Waals surface area contributed by atoms with E-state index in [0.29, 0.717) is 6.04 Å². The molecule has 1 aliphatic rings. The molecule has 0 bridgehead atoms. The minimum absolute atomic E-state index is 0.0716. The first-order valence-corrected chi connectivity index (χ1v) is 7.24. The number of nitrogens with zero attached hydrogens (tertiary/aromatic N) is 2. The molecule has 1 unspecified atom stereocenters. The SMILES string of the molecule is CCC1CCCCN1c1ccc([C@@H](N)CC)nc1. The molecule has 0 saturated carbocycles. The van der Waals surface area contributed by atoms with Crippen LogP contribution < -0.4 is 10.6 Å². The minimum Gasteiger partial charge on any atom is -0.367 e. The molecule has 0 spiro atoms. The summed E-state index contributed by atoms with van der Waals surface area (Å²) < 4.78 is 0. The van der Waals surface area contributed by atoms with Gasteiger partial charge in [0.05, 0.1) is 17.6 Å². The lowest BCUT2D eigenvalue weighted by atomic mass is 9.99. The van der Waals surface area contributed by atoms with E-state index in [1.807, 2.05) is 6.20 Å². The molecule has 1 aliphatic heterocycles. The third-order valence-electron chi connectivity index (χ3n) is 4.02. The molecule has 0 amide bonds. The van der Waals surface area contributed by atoms with E-state index in [-0.39, 0.29) is 6.04 Å². The average molecular weight is 247 g/mol. The lowest BCUT2D eigenvalue weighted by molar-refractivity contribution is 0.449. The van der Waals surface area contributed by atoms with Crippen LogP contribution in [0, 0.1) is 0 Å². The smallest absolute Gasteiger partial charge is 0.0572 e. The first-order valence-electron chi connectivity index (χ1n) is 7.24. The van der Waals surface area contributed by atoms with E-state index in [9.17, 15) is 0 Å². The lowest BCUT2D eigenvalue weighted by Crippen LogP contribution is -2.39. The van der Waals surface area contributed by atoms with Gasteiger partial charge in [0.1, 0.15) is 0 Å². The number of hydrogen-bond donors (Lipinski definition) is 1. The summed E-state index contributed by atoms with van der Waals surface area (Å²) in [4.78, 5) is 7.04. The van der Waals surface area contributed by atoms with Crippen LogP contribution in [0.3, 0.4) is 0 Å². The number of hydrogen-bond acceptors (Lipinski definition) is 3. The highest BCUT2D eigenvalue weighted by molar-refractivity contribution is 5.46. The number of aromatic nitrogens is 1. The van der Waals surface area contributed by atoms with Crippen molar-refractivity contribution in [2.24, 2.45) is 5.73 Å². The highest BCUT2D eigenvalue weighted by atomic mass is 15.2. The Morgan fingerprint density at radius 3 is 2.83 bits per heavy atom. The van der Waals surface area contributed by atoms with Gasteiger partial charge in [0.25, 0.3) is 0 Å². The molecule has 3 nitrogen and oxygen atoms in total. The third kappa shape index (κ3) is 2.83. The van der Waals surface area contributed by atoms with Gasteiger partial charge >= 0.3 is 0 Å². The second-order valence-corrected chi connectivity index (χ2v) is 5.21. The van der Waals surface area contributed by atoms with Gasteiger partial charge in [-0.05, 0) is 44.2 Å². The molecular weight excluding hydrogens is 222 g/mol. The molecule has 1 fully saturated rings. The van der Waals surface area contributed by atoms with E-state index in [0.717, 1.165) is 12.1 Å². The van der Waals surface area contributed by atoms with E-state index >= 15 is 0 Å². The van der Waals surface area contributed by atoms with Crippen molar-refractivity contribution in [3.8, 4) is 0 Å². The summed E-state index contributed by atoms with van der Waals surface area (Å²) in [7, 11) is 0. The number of nitrogens with two attached hydrogens (primary N) is 1. The van der Waals surface area contributed by atoms with Gasteiger partial charge in [-0.1, -0.05) is 13.8 Å². The standard InChI is InChI=1S/C15H25N3/c1-3-12-7-5-6-10-18(12)13-8-9-15(17-11-13)14(16)4-2/h8-9,11-12,14H,3-7,10,16H2,1-2H3/t12?,14-/m0/s1. The van der Waals surface area contributed by atoms with E-state index in [1.54, 1.807) is 0 Å². The molecule has 2 atom stereocenters. The second kappa shape index (κ2) is 6.19. The Labute approximate surface area is 110 Å². The quantitative estimate of drug-likeness (QED) is 0.888. The van der Waals surface area contributed by atoms with Gasteiger partial charge < -0.3 is 10.6 Å². The van der Waals surface area contributed by atoms with Crippen LogP contribution >= 0.6 is 0 Å². The molecular formula is C15H25N3. The maximum Gasteiger partial charge on any atom is 0.0572 e. The molecule has 2 rings (SSSR count). The van der Waals surface area contributed by atoms with Crippen molar-refractivity contribution in [2.45, 2.75) is 58.0 Å². The molecule has 0 aromatic carbocycles. The highest BCUT2D eigenvalue weighted by Gasteiger charge is 2.21. The van der Waals surface area contributed by atoms with Crippen molar-refractivity contribution >= 4 is 5.69 Å². The molecule has 0 radical (unpaired) electrons. The van der Waals surface area contributed by atoms with Crippen LogP contribution in [-0.2, 0) is 0 Å². The Hall–Kier alpha value is -1.09. The average Bonchev–Trinajstić information content (AvgIpc) is 2.46. The first kappa shape index (κ1) is 13.3. The van der Waals surface area contributed by atoms with Gasteiger partial charge in [0.15, 0.2) is 0 Å². The molecule has 18 heavy (non-hydrogen) atoms. The summed E-state index contributed by atoms with van der Waals surface area (Å²) in [5, 5.41) is 0. The maximum atomic E-state index is 6.00. The fraction of sp³-hybridized carbons (Fsp3) is 0.667. The molecule has 2 N–H and O–H groups in total. The van der Waals surface area contributed by atoms with Gasteiger partial charge in [0, 0.05) is 18.6 Å². The van der Waals surface area contributed by atoms with Gasteiger partial charge in [-0.2, -0.15) is 0 Å². The number of rotatable bonds is 4. The Balaban J connectivity index is 2.12. The summed E-state index contributed by atoms with van der Waals surface area (Å²) in [6.45, 7) is 5.54. The third-order valence-corrected chi connectivity index (χ3v) is 4.02. The molecule has 0 aliphatic carbocycles. The minimum atomic E-state index is 0.0716. The summed E-state index contributed by atoms with van der Waals surface area (Å²) in [6, 6.07) is 5.03. The first-order chi connectivity index (χ1) is 8.76. The van der Waals surface area contributed by atoms with Crippen molar-refractivity contribution in [1.29, 1.82) is 0 Å². The van der Waals surface area contributed by atoms with Crippen LogP contribution in [0.15, 0.2) is 18.3 Å². The van der Waals surface area contributed by atoms with Crippen molar-refractivity contribution in [2.75, 3.05) is 11.4 Å². The van der Waals surface area contributed by atoms with Crippen LogP contribution in [0.4, 0.5) is 5.69 Å². The van der Waals surface area contributed by atoms with Crippen LogP contribution in [0.25, 0.3) is 0 Å². The fourth-order valence-corrected chi connectivity index (χ4v) is 2.76. The van der Waals surface area contributed by atoms with Gasteiger partial charge in [-0.3, -0.25) is 4.98 Å². The zero-order chi connectivity index (χ0) is 13.0. The van der Waals surface area contributed by atoms with E-state index in [1.165, 1.54) is 37.9 Å². The van der Waals surface area contributed by atoms with Crippen LogP contribution in [0.2, 0.25) is 0 Å². The van der Waals surface area contributed by atoms with Crippen molar-refractivity contribution in [1.82, 2.24) is 4.98 Å². The maximum absolute atomic E-state index is 6.00. The normalized spacial score (nSPS) is 21.9. The Morgan fingerprint density at radius 1 is 1.39 bits per heavy atom. The van der Waals surface area contributed by atoms with Crippen LogP contribution in [-0.4, -0.2) is 17.6 Å². The van der Waals surface area contributed by atoms with Crippen molar-refractivity contribution in [3.05, 3.63) is 24.0 Å². The second-order valence-electron chi connectivity index (χ2n) is 5.21. The summed E-state index contributed by atoms with van der Waals surface area (Å²) in [5.74, 6) is 0. The molecule has 1 saturated heterocycles.